The highest BCUT2D eigenvalue weighted by atomic mass is 79.9. The highest BCUT2D eigenvalue weighted by Gasteiger charge is 2.19. The van der Waals surface area contributed by atoms with Gasteiger partial charge in [-0.25, -0.2) is 4.79 Å². The van der Waals surface area contributed by atoms with Gasteiger partial charge >= 0.3 is 5.97 Å². The fraction of sp³-hybridized carbons (Fsp3) is 0.533. The maximum Gasteiger partial charge on any atom is 0.339 e. The van der Waals surface area contributed by atoms with E-state index in [1.54, 1.807) is 0 Å². The second kappa shape index (κ2) is 9.68. The average molecular weight is 567 g/mol. The number of hydrogen-bond donors (Lipinski definition) is 0. The third-order valence-electron chi connectivity index (χ3n) is 1.94. The number of rotatable bonds is 7. The van der Waals surface area contributed by atoms with Crippen LogP contribution in [0.5, 0.6) is 0 Å². The van der Waals surface area contributed by atoms with E-state index >= 15 is 0 Å². The molecule has 0 saturated heterocycles. The summed E-state index contributed by atoms with van der Waals surface area (Å²) >= 11 is 12.4. The molecule has 118 valence electrons. The molecule has 1 unspecified atom stereocenters. The maximum absolute atomic E-state index is 13.0. The Morgan fingerprint density at radius 1 is 1.33 bits per heavy atom. The molecule has 0 N–H and O–H groups in total. The van der Waals surface area contributed by atoms with Crippen molar-refractivity contribution in [1.82, 2.24) is 0 Å². The van der Waals surface area contributed by atoms with Gasteiger partial charge in [0.1, 0.15) is 0 Å². The minimum atomic E-state index is -4.65. The van der Waals surface area contributed by atoms with Crippen LogP contribution in [-0.2, 0) is 4.74 Å². The predicted molar refractivity (Wildman–Crippen MR) is 101 cm³/mol. The van der Waals surface area contributed by atoms with E-state index < -0.39 is 63.2 Å². The first-order valence-corrected chi connectivity index (χ1v) is 8.12. The van der Waals surface area contributed by atoms with Crippen molar-refractivity contribution in [2.45, 2.75) is 39.2 Å². The summed E-state index contributed by atoms with van der Waals surface area (Å²) < 4.78 is 139. The molecular weight excluding hydrogens is 532 g/mol. The van der Waals surface area contributed by atoms with Crippen molar-refractivity contribution in [2.24, 2.45) is 5.89 Å². The molecule has 1 aromatic carbocycles. The normalized spacial score (nSPS) is 30.4. The van der Waals surface area contributed by atoms with Gasteiger partial charge in [-0.05, 0) is 82.1 Å². The lowest BCUT2D eigenvalue weighted by molar-refractivity contribution is 0.0427. The Bertz CT molecular complexity index is 1100. The van der Waals surface area contributed by atoms with Gasteiger partial charge in [0.15, 0.2) is 0 Å². The first kappa shape index (κ1) is 6.16. The van der Waals surface area contributed by atoms with E-state index in [-0.39, 0.29) is 13.4 Å². The zero-order chi connectivity index (χ0) is 30.9. The molecule has 0 aromatic heterocycles. The lowest BCUT2D eigenvalue weighted by Crippen LogP contribution is -2.14. The molecule has 0 radical (unpaired) electrons. The van der Waals surface area contributed by atoms with Crippen molar-refractivity contribution in [3.8, 4) is 0 Å². The molecule has 1 rings (SSSR count). The second-order valence-corrected chi connectivity index (χ2v) is 6.45. The van der Waals surface area contributed by atoms with Crippen LogP contribution in [0.3, 0.4) is 0 Å². The summed E-state index contributed by atoms with van der Waals surface area (Å²) in [7, 11) is 0. The molecule has 2 nitrogen and oxygen atoms in total. The molecule has 0 aliphatic rings. The Balaban J connectivity index is 4.02. The molecule has 0 amide bonds. The molecule has 0 saturated carbocycles. The molecule has 0 spiro atoms. The maximum atomic E-state index is 13.0. The fourth-order valence-electron chi connectivity index (χ4n) is 1.05. The molecule has 1 aromatic rings. The van der Waals surface area contributed by atoms with E-state index in [0.717, 1.165) is 6.07 Å². The summed E-state index contributed by atoms with van der Waals surface area (Å²) in [6, 6.07) is 1.07. The second-order valence-electron chi connectivity index (χ2n) is 3.21. The lowest BCUT2D eigenvalue weighted by atomic mass is 10.0. The monoisotopic (exact) mass is 563 g/mol. The molecule has 0 aliphatic carbocycles. The van der Waals surface area contributed by atoms with Crippen LogP contribution in [0.25, 0.3) is 0 Å². The van der Waals surface area contributed by atoms with E-state index in [9.17, 15) is 4.79 Å². The zero-order valence-electron chi connectivity index (χ0n) is 26.9. The third-order valence-corrected chi connectivity index (χ3v) is 6.61. The van der Waals surface area contributed by atoms with E-state index in [4.69, 9.17) is 23.3 Å². The number of carbonyl (C=O) groups excluding carboxylic acids is 1. The number of esters is 1. The highest BCUT2D eigenvalue weighted by molar-refractivity contribution is 9.15. The molecule has 6 heteroatoms. The number of benzene rings is 1. The summed E-state index contributed by atoms with van der Waals surface area (Å²) in [4.78, 5) is 13.0. The molecule has 21 heavy (non-hydrogen) atoms. The van der Waals surface area contributed by atoms with Gasteiger partial charge in [0.05, 0.1) is 14.9 Å². The van der Waals surface area contributed by atoms with Gasteiger partial charge in [-0.15, -0.1) is 0 Å². The van der Waals surface area contributed by atoms with Crippen molar-refractivity contribution in [1.29, 1.82) is 0 Å². The van der Waals surface area contributed by atoms with Gasteiger partial charge in [0.25, 0.3) is 0 Å². The van der Waals surface area contributed by atoms with Crippen LogP contribution in [0, 0.1) is 5.89 Å². The first-order chi connectivity index (χ1) is 16.4. The van der Waals surface area contributed by atoms with Crippen LogP contribution in [0.1, 0.15) is 72.9 Å². The van der Waals surface area contributed by atoms with Gasteiger partial charge in [-0.2, -0.15) is 0 Å². The Morgan fingerprint density at radius 2 is 2.10 bits per heavy atom. The van der Waals surface area contributed by atoms with Crippen LogP contribution in [-0.4, -0.2) is 12.5 Å². The number of ether oxygens (including phenoxy) is 1. The molecule has 0 bridgehead atoms. The van der Waals surface area contributed by atoms with Crippen molar-refractivity contribution in [3.05, 3.63) is 29.5 Å². The third kappa shape index (κ3) is 5.63. The smallest absolute Gasteiger partial charge is 0.339 e. The summed E-state index contributed by atoms with van der Waals surface area (Å²) in [5.74, 6) is -6.34. The Labute approximate surface area is 183 Å². The van der Waals surface area contributed by atoms with E-state index in [2.05, 4.69) is 68.5 Å². The largest absolute Gasteiger partial charge is 0.462 e. The Kier molecular flexibility index (Phi) is 2.84. The molecular formula is C15H18Br4O2. The van der Waals surface area contributed by atoms with E-state index in [1.807, 2.05) is 0 Å². The van der Waals surface area contributed by atoms with Crippen LogP contribution in [0.15, 0.2) is 24.0 Å². The highest BCUT2D eigenvalue weighted by Crippen LogP contribution is 2.39. The quantitative estimate of drug-likeness (QED) is 0.200. The van der Waals surface area contributed by atoms with Gasteiger partial charge in [-0.3, -0.25) is 0 Å². The topological polar surface area (TPSA) is 26.3 Å². The van der Waals surface area contributed by atoms with Crippen LogP contribution in [0.2, 0.25) is 0 Å². The van der Waals surface area contributed by atoms with Gasteiger partial charge in [0, 0.05) is 38.5 Å². The number of halogens is 4. The standard InChI is InChI=1S/C15H18Br4O2/c1-3-5-6-9(4-2)8-21-15(20)10-7-11(16)13(18)14(19)12(10)17/h7,9H,3-6,8H2,1-2H3/i1D3,2D3,3D2,4D2,5D2,6D2,8D2,9D. The van der Waals surface area contributed by atoms with E-state index in [1.165, 1.54) is 0 Å². The van der Waals surface area contributed by atoms with Crippen molar-refractivity contribution >= 4 is 69.7 Å². The number of hydrogen-bond acceptors (Lipinski definition) is 2. The molecule has 0 heterocycles. The van der Waals surface area contributed by atoms with Crippen LogP contribution >= 0.6 is 63.7 Å². The average Bonchev–Trinajstić information content (AvgIpc) is 2.71. The van der Waals surface area contributed by atoms with Crippen molar-refractivity contribution < 1.29 is 32.8 Å². The summed E-state index contributed by atoms with van der Waals surface area (Å²) in [6.07, 6.45) is -17.7. The number of carbonyl (C=O) groups is 1. The van der Waals surface area contributed by atoms with Gasteiger partial charge in [-0.1, -0.05) is 32.8 Å². The zero-order valence-corrected chi connectivity index (χ0v) is 16.2. The minimum absolute atomic E-state index is 0.0696. The molecule has 0 fully saturated rings. The molecule has 1 atom stereocenters. The SMILES string of the molecule is [2H]C([2H])([2H])C([2H])([2H])C([2H])([2H])C([2H])([2H])C([2H])(C([2H])([2H])OC(=O)c1cc(Br)c(Br)c(Br)c1Br)C([2H])([2H])C([2H])([2H])[2H]. The Morgan fingerprint density at radius 3 is 2.76 bits per heavy atom. The van der Waals surface area contributed by atoms with E-state index in [0.29, 0.717) is 4.47 Å². The molecule has 0 aliphatic heterocycles. The summed E-state index contributed by atoms with van der Waals surface area (Å²) in [6.45, 7) is -12.4. The lowest BCUT2D eigenvalue weighted by Gasteiger charge is -2.15. The fourth-order valence-corrected chi connectivity index (χ4v) is 3.22. The van der Waals surface area contributed by atoms with Crippen molar-refractivity contribution in [2.75, 3.05) is 6.56 Å². The Hall–Kier alpha value is 0.610. The summed E-state index contributed by atoms with van der Waals surface area (Å²) in [5, 5.41) is 0. The summed E-state index contributed by atoms with van der Waals surface area (Å²) in [5.41, 5.74) is -0.492. The van der Waals surface area contributed by atoms with Crippen LogP contribution < -0.4 is 0 Å². The van der Waals surface area contributed by atoms with Gasteiger partial charge < -0.3 is 4.74 Å². The van der Waals surface area contributed by atoms with Crippen molar-refractivity contribution in [3.63, 3.8) is 0 Å². The minimum Gasteiger partial charge on any atom is -0.462 e. The first-order valence-electron chi connectivity index (χ1n) is 13.4. The predicted octanol–water partition coefficient (Wildman–Crippen LogP) is 7.11. The van der Waals surface area contributed by atoms with Gasteiger partial charge in [0.2, 0.25) is 0 Å². The van der Waals surface area contributed by atoms with Crippen LogP contribution in [0.4, 0.5) is 0 Å².